The van der Waals surface area contributed by atoms with E-state index < -0.39 is 17.1 Å². The molecule has 0 aromatic rings. The van der Waals surface area contributed by atoms with Crippen LogP contribution in [-0.4, -0.2) is 22.2 Å². The summed E-state index contributed by atoms with van der Waals surface area (Å²) in [5.41, 5.74) is 0. The molecule has 0 aliphatic rings. The summed E-state index contributed by atoms with van der Waals surface area (Å²) in [5, 5.41) is 19.9. The second-order valence-electron chi connectivity index (χ2n) is 4.50. The Labute approximate surface area is 98.2 Å². The SMILES string of the molecule is CCCCCCCCCC(O)C(C)[N+](=O)[O-]. The van der Waals surface area contributed by atoms with Gasteiger partial charge >= 0.3 is 0 Å². The van der Waals surface area contributed by atoms with Crippen molar-refractivity contribution in [2.24, 2.45) is 0 Å². The van der Waals surface area contributed by atoms with E-state index in [0.29, 0.717) is 6.42 Å². The lowest BCUT2D eigenvalue weighted by Gasteiger charge is -2.11. The van der Waals surface area contributed by atoms with Crippen molar-refractivity contribution in [3.05, 3.63) is 10.1 Å². The molecule has 0 bridgehead atoms. The first-order valence-electron chi connectivity index (χ1n) is 6.41. The Morgan fingerprint density at radius 2 is 1.62 bits per heavy atom. The first-order valence-corrected chi connectivity index (χ1v) is 6.41. The zero-order valence-corrected chi connectivity index (χ0v) is 10.5. The third-order valence-corrected chi connectivity index (χ3v) is 2.99. The molecule has 0 aromatic heterocycles. The van der Waals surface area contributed by atoms with Gasteiger partial charge in [-0.15, -0.1) is 0 Å². The van der Waals surface area contributed by atoms with Crippen LogP contribution in [0.1, 0.15) is 65.2 Å². The average Bonchev–Trinajstić information content (AvgIpc) is 2.26. The van der Waals surface area contributed by atoms with E-state index in [1.807, 2.05) is 0 Å². The Morgan fingerprint density at radius 3 is 2.12 bits per heavy atom. The molecule has 0 amide bonds. The molecule has 0 radical (unpaired) electrons. The summed E-state index contributed by atoms with van der Waals surface area (Å²) in [5.74, 6) is 0. The smallest absolute Gasteiger partial charge is 0.235 e. The highest BCUT2D eigenvalue weighted by Gasteiger charge is 2.23. The molecule has 0 spiro atoms. The third kappa shape index (κ3) is 7.63. The van der Waals surface area contributed by atoms with E-state index in [1.165, 1.54) is 39.0 Å². The number of nitro groups is 1. The van der Waals surface area contributed by atoms with E-state index >= 15 is 0 Å². The van der Waals surface area contributed by atoms with Gasteiger partial charge in [0.15, 0.2) is 0 Å². The quantitative estimate of drug-likeness (QED) is 0.357. The highest BCUT2D eigenvalue weighted by Crippen LogP contribution is 2.11. The molecule has 2 unspecified atom stereocenters. The van der Waals surface area contributed by atoms with Crippen LogP contribution in [0, 0.1) is 10.1 Å². The number of unbranched alkanes of at least 4 members (excludes halogenated alkanes) is 6. The molecule has 0 aromatic carbocycles. The van der Waals surface area contributed by atoms with Gasteiger partial charge in [-0.3, -0.25) is 10.1 Å². The van der Waals surface area contributed by atoms with Gasteiger partial charge in [0.2, 0.25) is 6.04 Å². The molecule has 0 saturated carbocycles. The molecule has 0 heterocycles. The monoisotopic (exact) mass is 231 g/mol. The van der Waals surface area contributed by atoms with Crippen molar-refractivity contribution in [3.8, 4) is 0 Å². The van der Waals surface area contributed by atoms with Crippen LogP contribution in [0.4, 0.5) is 0 Å². The number of nitrogens with zero attached hydrogens (tertiary/aromatic N) is 1. The second kappa shape index (κ2) is 9.58. The molecule has 0 aliphatic heterocycles. The van der Waals surface area contributed by atoms with Crippen molar-refractivity contribution in [2.75, 3.05) is 0 Å². The zero-order valence-electron chi connectivity index (χ0n) is 10.5. The van der Waals surface area contributed by atoms with E-state index in [4.69, 9.17) is 0 Å². The average molecular weight is 231 g/mol. The van der Waals surface area contributed by atoms with E-state index in [-0.39, 0.29) is 0 Å². The largest absolute Gasteiger partial charge is 0.386 e. The number of hydrogen-bond acceptors (Lipinski definition) is 3. The first-order chi connectivity index (χ1) is 7.59. The van der Waals surface area contributed by atoms with Gasteiger partial charge < -0.3 is 5.11 Å². The minimum atomic E-state index is -0.833. The predicted molar refractivity (Wildman–Crippen MR) is 65.1 cm³/mol. The van der Waals surface area contributed by atoms with Crippen LogP contribution in [0.2, 0.25) is 0 Å². The van der Waals surface area contributed by atoms with Gasteiger partial charge in [-0.1, -0.05) is 51.9 Å². The Hall–Kier alpha value is -0.640. The topological polar surface area (TPSA) is 63.4 Å². The fourth-order valence-corrected chi connectivity index (χ4v) is 1.69. The summed E-state index contributed by atoms with van der Waals surface area (Å²) in [7, 11) is 0. The van der Waals surface area contributed by atoms with Gasteiger partial charge in [0, 0.05) is 11.8 Å². The molecular formula is C12H25NO3. The van der Waals surface area contributed by atoms with Crippen LogP contribution >= 0.6 is 0 Å². The van der Waals surface area contributed by atoms with Gasteiger partial charge in [-0.05, 0) is 6.42 Å². The van der Waals surface area contributed by atoms with Crippen LogP contribution in [0.25, 0.3) is 0 Å². The van der Waals surface area contributed by atoms with Crippen molar-refractivity contribution < 1.29 is 10.0 Å². The molecule has 0 saturated heterocycles. The number of aliphatic hydroxyl groups excluding tert-OH is 1. The fraction of sp³-hybridized carbons (Fsp3) is 1.00. The number of rotatable bonds is 10. The molecule has 4 nitrogen and oxygen atoms in total. The maximum atomic E-state index is 10.4. The normalized spacial score (nSPS) is 14.7. The molecule has 1 N–H and O–H groups in total. The lowest BCUT2D eigenvalue weighted by molar-refractivity contribution is -0.530. The summed E-state index contributed by atoms with van der Waals surface area (Å²) >= 11 is 0. The van der Waals surface area contributed by atoms with Crippen molar-refractivity contribution in [3.63, 3.8) is 0 Å². The van der Waals surface area contributed by atoms with Crippen LogP contribution in [0.15, 0.2) is 0 Å². The van der Waals surface area contributed by atoms with Crippen LogP contribution in [0.5, 0.6) is 0 Å². The zero-order chi connectivity index (χ0) is 12.4. The first kappa shape index (κ1) is 15.4. The van der Waals surface area contributed by atoms with Crippen molar-refractivity contribution in [1.82, 2.24) is 0 Å². The molecule has 0 rings (SSSR count). The second-order valence-corrected chi connectivity index (χ2v) is 4.50. The van der Waals surface area contributed by atoms with E-state index in [1.54, 1.807) is 0 Å². The lowest BCUT2D eigenvalue weighted by Crippen LogP contribution is -2.30. The summed E-state index contributed by atoms with van der Waals surface area (Å²) in [6, 6.07) is -0.833. The van der Waals surface area contributed by atoms with Gasteiger partial charge in [0.05, 0.1) is 0 Å². The lowest BCUT2D eigenvalue weighted by atomic mass is 10.0. The van der Waals surface area contributed by atoms with Crippen LogP contribution in [0.3, 0.4) is 0 Å². The highest BCUT2D eigenvalue weighted by molar-refractivity contribution is 4.62. The van der Waals surface area contributed by atoms with E-state index in [0.717, 1.165) is 12.8 Å². The van der Waals surface area contributed by atoms with Crippen LogP contribution < -0.4 is 0 Å². The standard InChI is InChI=1S/C12H25NO3/c1-3-4-5-6-7-8-9-10-12(14)11(2)13(15)16/h11-12,14H,3-10H2,1-2H3. The Balaban J connectivity index is 3.34. The molecule has 2 atom stereocenters. The molecule has 0 fully saturated rings. The minimum absolute atomic E-state index is 0.411. The fourth-order valence-electron chi connectivity index (χ4n) is 1.69. The van der Waals surface area contributed by atoms with Crippen LogP contribution in [-0.2, 0) is 0 Å². The summed E-state index contributed by atoms with van der Waals surface area (Å²) in [4.78, 5) is 9.98. The van der Waals surface area contributed by atoms with Crippen molar-refractivity contribution in [2.45, 2.75) is 77.4 Å². The Bertz CT molecular complexity index is 185. The van der Waals surface area contributed by atoms with Crippen molar-refractivity contribution >= 4 is 0 Å². The maximum Gasteiger partial charge on any atom is 0.235 e. The summed E-state index contributed by atoms with van der Waals surface area (Å²) < 4.78 is 0. The van der Waals surface area contributed by atoms with Gasteiger partial charge in [0.1, 0.15) is 6.10 Å². The molecule has 96 valence electrons. The van der Waals surface area contributed by atoms with Gasteiger partial charge in [-0.25, -0.2) is 0 Å². The van der Waals surface area contributed by atoms with Crippen molar-refractivity contribution in [1.29, 1.82) is 0 Å². The van der Waals surface area contributed by atoms with Gasteiger partial charge in [0.25, 0.3) is 0 Å². The highest BCUT2D eigenvalue weighted by atomic mass is 16.6. The molecule has 16 heavy (non-hydrogen) atoms. The number of aliphatic hydroxyl groups is 1. The Morgan fingerprint density at radius 1 is 1.12 bits per heavy atom. The van der Waals surface area contributed by atoms with E-state index in [9.17, 15) is 15.2 Å². The van der Waals surface area contributed by atoms with E-state index in [2.05, 4.69) is 6.92 Å². The predicted octanol–water partition coefficient (Wildman–Crippen LogP) is 3.15. The summed E-state index contributed by atoms with van der Waals surface area (Å²) in [6.45, 7) is 3.65. The third-order valence-electron chi connectivity index (χ3n) is 2.99. The molecule has 4 heteroatoms. The summed E-state index contributed by atoms with van der Waals surface area (Å²) in [6.07, 6.45) is 7.98. The molecule has 0 aliphatic carbocycles. The minimum Gasteiger partial charge on any atom is -0.386 e. The number of hydrogen-bond donors (Lipinski definition) is 1. The van der Waals surface area contributed by atoms with Gasteiger partial charge in [-0.2, -0.15) is 0 Å². The maximum absolute atomic E-state index is 10.4. The Kier molecular flexibility index (Phi) is 9.19. The molecular weight excluding hydrogens is 206 g/mol.